The fourth-order valence-corrected chi connectivity index (χ4v) is 1.38. The van der Waals surface area contributed by atoms with Gasteiger partial charge >= 0.3 is 0 Å². The maximum absolute atomic E-state index is 8.73. The Labute approximate surface area is 101 Å². The van der Waals surface area contributed by atoms with Crippen molar-refractivity contribution < 1.29 is 5.11 Å². The fourth-order valence-electron chi connectivity index (χ4n) is 1.38. The summed E-state index contributed by atoms with van der Waals surface area (Å²) in [6, 6.07) is 0.204. The molecule has 0 aliphatic carbocycles. The van der Waals surface area contributed by atoms with Crippen molar-refractivity contribution in [2.24, 2.45) is 0 Å². The summed E-state index contributed by atoms with van der Waals surface area (Å²) in [7, 11) is 0. The van der Waals surface area contributed by atoms with Crippen molar-refractivity contribution in [3.63, 3.8) is 0 Å². The summed E-state index contributed by atoms with van der Waals surface area (Å²) in [4.78, 5) is 10.2. The van der Waals surface area contributed by atoms with Crippen molar-refractivity contribution in [3.8, 4) is 0 Å². The number of rotatable bonds is 6. The lowest BCUT2D eigenvalue weighted by molar-refractivity contribution is 0.311. The highest BCUT2D eigenvalue weighted by Crippen LogP contribution is 2.22. The first-order valence-electron chi connectivity index (χ1n) is 5.48. The van der Waals surface area contributed by atoms with Gasteiger partial charge in [-0.1, -0.05) is 6.58 Å². The molecule has 0 amide bonds. The van der Waals surface area contributed by atoms with Crippen LogP contribution in [0.3, 0.4) is 0 Å². The van der Waals surface area contributed by atoms with Crippen LogP contribution in [0.25, 0.3) is 0 Å². The van der Waals surface area contributed by atoms with Crippen LogP contribution in [0, 0.1) is 0 Å². The number of anilines is 3. The molecule has 17 heavy (non-hydrogen) atoms. The van der Waals surface area contributed by atoms with Gasteiger partial charge in [-0.25, -0.2) is 4.98 Å². The first kappa shape index (κ1) is 13.2. The molecular formula is C11H19N5O. The standard InChI is InChI=1S/C11H19N5O/c1-4-16(8(2)3)10-9(12)7-14-11(15-10)13-5-6-17/h4,7-8,17H,1,5-6,12H2,2-3H3,(H,13,14,15). The molecule has 0 aliphatic rings. The molecule has 0 fully saturated rings. The number of hydrogen-bond acceptors (Lipinski definition) is 6. The first-order chi connectivity index (χ1) is 8.10. The molecule has 0 bridgehead atoms. The minimum atomic E-state index is 0.0262. The van der Waals surface area contributed by atoms with Crippen LogP contribution in [0.2, 0.25) is 0 Å². The van der Waals surface area contributed by atoms with Crippen LogP contribution in [0.1, 0.15) is 13.8 Å². The Hall–Kier alpha value is -1.82. The number of aromatic nitrogens is 2. The molecule has 4 N–H and O–H groups in total. The van der Waals surface area contributed by atoms with E-state index < -0.39 is 0 Å². The predicted molar refractivity (Wildman–Crippen MR) is 69.8 cm³/mol. The Balaban J connectivity index is 3.00. The van der Waals surface area contributed by atoms with Crippen molar-refractivity contribution in [2.75, 3.05) is 29.1 Å². The smallest absolute Gasteiger partial charge is 0.224 e. The van der Waals surface area contributed by atoms with E-state index in [2.05, 4.69) is 21.9 Å². The number of aliphatic hydroxyl groups excluding tert-OH is 1. The van der Waals surface area contributed by atoms with Crippen LogP contribution >= 0.6 is 0 Å². The Morgan fingerprint density at radius 1 is 1.65 bits per heavy atom. The molecule has 94 valence electrons. The number of hydrogen-bond donors (Lipinski definition) is 3. The van der Waals surface area contributed by atoms with Crippen molar-refractivity contribution in [3.05, 3.63) is 19.0 Å². The van der Waals surface area contributed by atoms with Crippen molar-refractivity contribution in [2.45, 2.75) is 19.9 Å². The molecule has 0 spiro atoms. The van der Waals surface area contributed by atoms with Gasteiger partial charge in [0.25, 0.3) is 0 Å². The van der Waals surface area contributed by atoms with E-state index in [1.54, 1.807) is 12.4 Å². The quantitative estimate of drug-likeness (QED) is 0.679. The second-order valence-corrected chi connectivity index (χ2v) is 3.81. The fraction of sp³-hybridized carbons (Fsp3) is 0.455. The number of nitrogens with one attached hydrogen (secondary N) is 1. The number of nitrogens with zero attached hydrogens (tertiary/aromatic N) is 3. The van der Waals surface area contributed by atoms with Gasteiger partial charge in [-0.05, 0) is 20.0 Å². The third kappa shape index (κ3) is 3.32. The number of nitrogen functional groups attached to an aromatic ring is 1. The van der Waals surface area contributed by atoms with Crippen LogP contribution in [0.5, 0.6) is 0 Å². The van der Waals surface area contributed by atoms with Crippen LogP contribution in [0.4, 0.5) is 17.5 Å². The van der Waals surface area contributed by atoms with Gasteiger partial charge < -0.3 is 21.1 Å². The maximum atomic E-state index is 8.73. The lowest BCUT2D eigenvalue weighted by atomic mass is 10.3. The minimum absolute atomic E-state index is 0.0262. The Morgan fingerprint density at radius 2 is 2.35 bits per heavy atom. The van der Waals surface area contributed by atoms with E-state index in [9.17, 15) is 0 Å². The predicted octanol–water partition coefficient (Wildman–Crippen LogP) is 0.821. The van der Waals surface area contributed by atoms with E-state index in [4.69, 9.17) is 10.8 Å². The van der Waals surface area contributed by atoms with Crippen LogP contribution < -0.4 is 16.0 Å². The van der Waals surface area contributed by atoms with E-state index in [0.717, 1.165) is 0 Å². The molecule has 1 heterocycles. The molecule has 1 rings (SSSR count). The normalized spacial score (nSPS) is 10.4. The first-order valence-corrected chi connectivity index (χ1v) is 5.48. The second-order valence-electron chi connectivity index (χ2n) is 3.81. The van der Waals surface area contributed by atoms with E-state index in [1.165, 1.54) is 0 Å². The van der Waals surface area contributed by atoms with Crippen LogP contribution in [0.15, 0.2) is 19.0 Å². The van der Waals surface area contributed by atoms with E-state index in [1.807, 2.05) is 18.7 Å². The van der Waals surface area contributed by atoms with Gasteiger partial charge in [0.2, 0.25) is 5.95 Å². The summed E-state index contributed by atoms with van der Waals surface area (Å²) < 4.78 is 0. The third-order valence-electron chi connectivity index (χ3n) is 2.19. The Bertz CT molecular complexity index is 380. The highest BCUT2D eigenvalue weighted by Gasteiger charge is 2.13. The molecular weight excluding hydrogens is 218 g/mol. The molecule has 0 aromatic carbocycles. The summed E-state index contributed by atoms with van der Waals surface area (Å²) in [5.74, 6) is 1.06. The van der Waals surface area contributed by atoms with Crippen LogP contribution in [-0.2, 0) is 0 Å². The molecule has 1 aromatic rings. The van der Waals surface area contributed by atoms with Gasteiger partial charge in [0.1, 0.15) is 0 Å². The van der Waals surface area contributed by atoms with Gasteiger partial charge in [-0.2, -0.15) is 4.98 Å². The molecule has 0 radical (unpaired) electrons. The van der Waals surface area contributed by atoms with Gasteiger partial charge in [-0.3, -0.25) is 0 Å². The summed E-state index contributed by atoms with van der Waals surface area (Å²) in [6.45, 7) is 8.21. The second kappa shape index (κ2) is 6.05. The number of nitrogens with two attached hydrogens (primary N) is 1. The zero-order chi connectivity index (χ0) is 12.8. The number of aliphatic hydroxyl groups is 1. The molecule has 6 nitrogen and oxygen atoms in total. The molecule has 0 atom stereocenters. The summed E-state index contributed by atoms with van der Waals surface area (Å²) in [5.41, 5.74) is 6.33. The van der Waals surface area contributed by atoms with Gasteiger partial charge in [0.15, 0.2) is 5.82 Å². The third-order valence-corrected chi connectivity index (χ3v) is 2.19. The Kier molecular flexibility index (Phi) is 4.71. The summed E-state index contributed by atoms with van der Waals surface area (Å²) >= 11 is 0. The molecule has 1 aromatic heterocycles. The van der Waals surface area contributed by atoms with E-state index in [-0.39, 0.29) is 12.6 Å². The monoisotopic (exact) mass is 237 g/mol. The van der Waals surface area contributed by atoms with Crippen LogP contribution in [-0.4, -0.2) is 34.3 Å². The van der Waals surface area contributed by atoms with Gasteiger partial charge in [0, 0.05) is 12.6 Å². The topological polar surface area (TPSA) is 87.3 Å². The molecule has 0 aliphatic heterocycles. The molecule has 0 saturated carbocycles. The van der Waals surface area contributed by atoms with Crippen molar-refractivity contribution in [1.82, 2.24) is 9.97 Å². The van der Waals surface area contributed by atoms with Gasteiger partial charge in [-0.15, -0.1) is 0 Å². The summed E-state index contributed by atoms with van der Waals surface area (Å²) in [6.07, 6.45) is 3.22. The van der Waals surface area contributed by atoms with E-state index >= 15 is 0 Å². The van der Waals surface area contributed by atoms with Crippen molar-refractivity contribution in [1.29, 1.82) is 0 Å². The van der Waals surface area contributed by atoms with Gasteiger partial charge in [0.05, 0.1) is 18.5 Å². The highest BCUT2D eigenvalue weighted by molar-refractivity contribution is 5.65. The molecule has 0 saturated heterocycles. The average Bonchev–Trinajstić information content (AvgIpc) is 2.30. The SMILES string of the molecule is C=CN(c1nc(NCCO)ncc1N)C(C)C. The molecule has 6 heteroatoms. The zero-order valence-electron chi connectivity index (χ0n) is 10.2. The average molecular weight is 237 g/mol. The van der Waals surface area contributed by atoms with Crippen molar-refractivity contribution >= 4 is 17.5 Å². The summed E-state index contributed by atoms with van der Waals surface area (Å²) in [5, 5.41) is 11.6. The molecule has 0 unspecified atom stereocenters. The zero-order valence-corrected chi connectivity index (χ0v) is 10.2. The minimum Gasteiger partial charge on any atom is -0.395 e. The maximum Gasteiger partial charge on any atom is 0.224 e. The lowest BCUT2D eigenvalue weighted by Crippen LogP contribution is -2.26. The largest absolute Gasteiger partial charge is 0.395 e. The van der Waals surface area contributed by atoms with E-state index in [0.29, 0.717) is 24.0 Å². The Morgan fingerprint density at radius 3 is 2.88 bits per heavy atom. The highest BCUT2D eigenvalue weighted by atomic mass is 16.3. The lowest BCUT2D eigenvalue weighted by Gasteiger charge is -2.24.